The molecule has 0 amide bonds. The van der Waals surface area contributed by atoms with E-state index in [1.165, 1.54) is 7.11 Å². The van der Waals surface area contributed by atoms with Crippen LogP contribution in [0.2, 0.25) is 0 Å². The summed E-state index contributed by atoms with van der Waals surface area (Å²) >= 11 is 0. The van der Waals surface area contributed by atoms with E-state index < -0.39 is 5.97 Å². The molecule has 0 radical (unpaired) electrons. The fourth-order valence-corrected chi connectivity index (χ4v) is 1.30. The van der Waals surface area contributed by atoms with Crippen molar-refractivity contribution in [3.63, 3.8) is 0 Å². The zero-order valence-corrected chi connectivity index (χ0v) is 10.6. The summed E-state index contributed by atoms with van der Waals surface area (Å²) in [6, 6.07) is 10.0. The molecule has 3 nitrogen and oxygen atoms in total. The van der Waals surface area contributed by atoms with Crippen LogP contribution in [0.15, 0.2) is 35.9 Å². The third kappa shape index (κ3) is 5.88. The maximum Gasteiger partial charge on any atom is 0.384 e. The topological polar surface area (TPSA) is 35.5 Å². The van der Waals surface area contributed by atoms with E-state index in [4.69, 9.17) is 4.74 Å². The molecule has 0 heterocycles. The Kier molecular flexibility index (Phi) is 6.31. The van der Waals surface area contributed by atoms with E-state index in [1.807, 2.05) is 43.3 Å². The molecule has 0 spiro atoms. The van der Waals surface area contributed by atoms with Crippen LogP contribution < -0.4 is 0 Å². The van der Waals surface area contributed by atoms with E-state index in [0.29, 0.717) is 6.61 Å². The lowest BCUT2D eigenvalue weighted by Crippen LogP contribution is -1.98. The predicted molar refractivity (Wildman–Crippen MR) is 70.7 cm³/mol. The van der Waals surface area contributed by atoms with E-state index in [0.717, 1.165) is 11.1 Å². The average molecular weight is 244 g/mol. The second-order valence-corrected chi connectivity index (χ2v) is 3.69. The van der Waals surface area contributed by atoms with Gasteiger partial charge in [-0.05, 0) is 18.1 Å². The summed E-state index contributed by atoms with van der Waals surface area (Å²) < 4.78 is 9.69. The molecular weight excluding hydrogens is 228 g/mol. The molecular formula is C15H16O3. The number of hydrogen-bond donors (Lipinski definition) is 0. The highest BCUT2D eigenvalue weighted by molar-refractivity contribution is 5.88. The molecule has 0 atom stereocenters. The summed E-state index contributed by atoms with van der Waals surface area (Å²) in [4.78, 5) is 10.7. The largest absolute Gasteiger partial charge is 0.459 e. The number of esters is 1. The van der Waals surface area contributed by atoms with E-state index >= 15 is 0 Å². The van der Waals surface area contributed by atoms with Crippen LogP contribution in [0, 0.1) is 11.8 Å². The SMILES string of the molecule is COC(=O)C#CCOC/C(C)=C/c1ccccc1. The first-order valence-electron chi connectivity index (χ1n) is 5.59. The summed E-state index contributed by atoms with van der Waals surface area (Å²) in [5.41, 5.74) is 2.24. The van der Waals surface area contributed by atoms with Crippen molar-refractivity contribution in [1.29, 1.82) is 0 Å². The van der Waals surface area contributed by atoms with Gasteiger partial charge in [0.1, 0.15) is 6.61 Å². The van der Waals surface area contributed by atoms with Crippen molar-refractivity contribution in [3.05, 3.63) is 41.5 Å². The van der Waals surface area contributed by atoms with Gasteiger partial charge >= 0.3 is 5.97 Å². The highest BCUT2D eigenvalue weighted by Crippen LogP contribution is 2.05. The van der Waals surface area contributed by atoms with Gasteiger partial charge in [-0.2, -0.15) is 0 Å². The number of ether oxygens (including phenoxy) is 2. The fraction of sp³-hybridized carbons (Fsp3) is 0.267. The smallest absolute Gasteiger partial charge is 0.384 e. The summed E-state index contributed by atoms with van der Waals surface area (Å²) in [6.07, 6.45) is 2.05. The van der Waals surface area contributed by atoms with E-state index in [1.54, 1.807) is 0 Å². The first kappa shape index (κ1) is 14.0. The van der Waals surface area contributed by atoms with Crippen molar-refractivity contribution in [1.82, 2.24) is 0 Å². The second kappa shape index (κ2) is 8.10. The summed E-state index contributed by atoms with van der Waals surface area (Å²) in [5, 5.41) is 0. The number of carbonyl (C=O) groups excluding carboxylic acids is 1. The summed E-state index contributed by atoms with van der Waals surface area (Å²) in [7, 11) is 1.30. The van der Waals surface area contributed by atoms with Gasteiger partial charge < -0.3 is 9.47 Å². The normalized spacial score (nSPS) is 10.4. The van der Waals surface area contributed by atoms with E-state index in [2.05, 4.69) is 16.6 Å². The van der Waals surface area contributed by atoms with Crippen LogP contribution in [-0.4, -0.2) is 26.3 Å². The minimum Gasteiger partial charge on any atom is -0.459 e. The molecule has 0 N–H and O–H groups in total. The molecule has 0 saturated carbocycles. The van der Waals surface area contributed by atoms with Gasteiger partial charge in [0.15, 0.2) is 0 Å². The van der Waals surface area contributed by atoms with Crippen LogP contribution in [0.3, 0.4) is 0 Å². The van der Waals surface area contributed by atoms with Gasteiger partial charge in [0, 0.05) is 5.92 Å². The number of rotatable bonds is 4. The van der Waals surface area contributed by atoms with Crippen molar-refractivity contribution in [2.45, 2.75) is 6.92 Å². The lowest BCUT2D eigenvalue weighted by molar-refractivity contribution is -0.133. The Hall–Kier alpha value is -2.05. The van der Waals surface area contributed by atoms with Crippen molar-refractivity contribution < 1.29 is 14.3 Å². The minimum atomic E-state index is -0.546. The standard InChI is InChI=1S/C15H16O3/c1-13(11-14-7-4-3-5-8-14)12-18-10-6-9-15(16)17-2/h3-5,7-8,11H,10,12H2,1-2H3/b13-11+. The van der Waals surface area contributed by atoms with Gasteiger partial charge in [0.2, 0.25) is 0 Å². The first-order valence-corrected chi connectivity index (χ1v) is 5.59. The quantitative estimate of drug-likeness (QED) is 0.353. The molecule has 1 aromatic carbocycles. The monoisotopic (exact) mass is 244 g/mol. The van der Waals surface area contributed by atoms with Crippen molar-refractivity contribution in [3.8, 4) is 11.8 Å². The third-order valence-corrected chi connectivity index (χ3v) is 2.09. The minimum absolute atomic E-state index is 0.217. The molecule has 0 unspecified atom stereocenters. The molecule has 0 fully saturated rings. The molecule has 18 heavy (non-hydrogen) atoms. The Morgan fingerprint density at radius 2 is 2.06 bits per heavy atom. The van der Waals surface area contributed by atoms with Crippen molar-refractivity contribution in [2.75, 3.05) is 20.3 Å². The molecule has 0 aliphatic carbocycles. The predicted octanol–water partition coefficient (Wildman–Crippen LogP) is 2.28. The molecule has 0 aliphatic heterocycles. The first-order chi connectivity index (χ1) is 8.72. The van der Waals surface area contributed by atoms with Crippen LogP contribution >= 0.6 is 0 Å². The highest BCUT2D eigenvalue weighted by atomic mass is 16.5. The Labute approximate surface area is 107 Å². The average Bonchev–Trinajstić information content (AvgIpc) is 2.39. The van der Waals surface area contributed by atoms with Crippen LogP contribution in [-0.2, 0) is 14.3 Å². The van der Waals surface area contributed by atoms with E-state index in [-0.39, 0.29) is 6.61 Å². The van der Waals surface area contributed by atoms with Crippen LogP contribution in [0.4, 0.5) is 0 Å². The molecule has 1 aromatic rings. The fourth-order valence-electron chi connectivity index (χ4n) is 1.30. The summed E-state index contributed by atoms with van der Waals surface area (Å²) in [5.74, 6) is 4.34. The van der Waals surface area contributed by atoms with E-state index in [9.17, 15) is 4.79 Å². The molecule has 0 aliphatic rings. The van der Waals surface area contributed by atoms with Gasteiger partial charge in [-0.15, -0.1) is 0 Å². The molecule has 94 valence electrons. The Morgan fingerprint density at radius 1 is 1.33 bits per heavy atom. The number of benzene rings is 1. The zero-order valence-electron chi connectivity index (χ0n) is 10.6. The maximum absolute atomic E-state index is 10.7. The number of hydrogen-bond acceptors (Lipinski definition) is 3. The van der Waals surface area contributed by atoms with Gasteiger partial charge in [-0.1, -0.05) is 42.3 Å². The second-order valence-electron chi connectivity index (χ2n) is 3.69. The van der Waals surface area contributed by atoms with Crippen molar-refractivity contribution >= 4 is 12.0 Å². The molecule has 1 rings (SSSR count). The van der Waals surface area contributed by atoms with Crippen LogP contribution in [0.5, 0.6) is 0 Å². The van der Waals surface area contributed by atoms with Gasteiger partial charge in [0.25, 0.3) is 0 Å². The number of carbonyl (C=O) groups is 1. The molecule has 0 saturated heterocycles. The maximum atomic E-state index is 10.7. The van der Waals surface area contributed by atoms with Crippen molar-refractivity contribution in [2.24, 2.45) is 0 Å². The Bertz CT molecular complexity index is 464. The Balaban J connectivity index is 2.33. The van der Waals surface area contributed by atoms with Crippen LogP contribution in [0.1, 0.15) is 12.5 Å². The third-order valence-electron chi connectivity index (χ3n) is 2.09. The van der Waals surface area contributed by atoms with Gasteiger partial charge in [-0.25, -0.2) is 4.79 Å². The van der Waals surface area contributed by atoms with Crippen LogP contribution in [0.25, 0.3) is 6.08 Å². The Morgan fingerprint density at radius 3 is 2.72 bits per heavy atom. The lowest BCUT2D eigenvalue weighted by atomic mass is 10.1. The highest BCUT2D eigenvalue weighted by Gasteiger charge is 1.92. The zero-order chi connectivity index (χ0) is 13.2. The van der Waals surface area contributed by atoms with Gasteiger partial charge in [0.05, 0.1) is 13.7 Å². The molecule has 0 aromatic heterocycles. The number of methoxy groups -OCH3 is 1. The lowest BCUT2D eigenvalue weighted by Gasteiger charge is -2.01. The molecule has 3 heteroatoms. The molecule has 0 bridgehead atoms. The summed E-state index contributed by atoms with van der Waals surface area (Å²) in [6.45, 7) is 2.69. The van der Waals surface area contributed by atoms with Gasteiger partial charge in [-0.3, -0.25) is 0 Å².